The molecule has 0 aromatic heterocycles. The molecule has 0 unspecified atom stereocenters. The van der Waals surface area contributed by atoms with E-state index in [1.54, 1.807) is 13.0 Å². The summed E-state index contributed by atoms with van der Waals surface area (Å²) in [5.74, 6) is -0.503. The maximum atomic E-state index is 11.6. The number of ether oxygens (including phenoxy) is 1. The molecule has 84 valence electrons. The third-order valence-electron chi connectivity index (χ3n) is 2.17. The molecule has 0 fully saturated rings. The zero-order valence-corrected chi connectivity index (χ0v) is 9.97. The van der Waals surface area contributed by atoms with Gasteiger partial charge in [0.15, 0.2) is 0 Å². The van der Waals surface area contributed by atoms with Gasteiger partial charge in [-0.15, -0.1) is 0 Å². The Balaban J connectivity index is 3.32. The Morgan fingerprint density at radius 1 is 1.50 bits per heavy atom. The highest BCUT2D eigenvalue weighted by Crippen LogP contribution is 2.22. The van der Waals surface area contributed by atoms with E-state index in [0.717, 1.165) is 5.56 Å². The molecule has 0 aliphatic carbocycles. The largest absolute Gasteiger partial charge is 0.462 e. The maximum absolute atomic E-state index is 11.6. The van der Waals surface area contributed by atoms with E-state index in [-0.39, 0.29) is 12.2 Å². The van der Waals surface area contributed by atoms with Gasteiger partial charge in [0.1, 0.15) is 6.07 Å². The third kappa shape index (κ3) is 2.53. The summed E-state index contributed by atoms with van der Waals surface area (Å²) in [6.07, 6.45) is 0.649. The Morgan fingerprint density at radius 3 is 2.69 bits per heavy atom. The second-order valence-electron chi connectivity index (χ2n) is 3.17. The Labute approximate surface area is 99.6 Å². The van der Waals surface area contributed by atoms with Crippen LogP contribution in [0.3, 0.4) is 0 Å². The minimum absolute atomic E-state index is 0.244. The van der Waals surface area contributed by atoms with Crippen molar-refractivity contribution in [3.05, 3.63) is 33.8 Å². The molecular weight excluding hydrogens is 226 g/mol. The van der Waals surface area contributed by atoms with E-state index < -0.39 is 5.97 Å². The summed E-state index contributed by atoms with van der Waals surface area (Å²) in [6.45, 7) is 3.90. The van der Waals surface area contributed by atoms with Gasteiger partial charge in [-0.1, -0.05) is 18.5 Å². The number of benzene rings is 1. The average Bonchev–Trinajstić information content (AvgIpc) is 2.28. The van der Waals surface area contributed by atoms with Gasteiger partial charge in [-0.2, -0.15) is 5.26 Å². The predicted molar refractivity (Wildman–Crippen MR) is 61.5 cm³/mol. The number of rotatable bonds is 3. The molecule has 0 heterocycles. The molecule has 0 radical (unpaired) electrons. The van der Waals surface area contributed by atoms with Crippen LogP contribution in [0.1, 0.15) is 35.3 Å². The number of esters is 1. The van der Waals surface area contributed by atoms with Crippen LogP contribution in [0.25, 0.3) is 0 Å². The Kier molecular flexibility index (Phi) is 4.33. The molecule has 16 heavy (non-hydrogen) atoms. The number of hydrogen-bond donors (Lipinski definition) is 0. The Hall–Kier alpha value is -1.53. The molecule has 0 bridgehead atoms. The first-order chi connectivity index (χ1) is 7.63. The van der Waals surface area contributed by atoms with Crippen LogP contribution in [0, 0.1) is 11.3 Å². The highest BCUT2D eigenvalue weighted by molar-refractivity contribution is 6.31. The molecule has 0 aliphatic rings. The van der Waals surface area contributed by atoms with Gasteiger partial charge in [0.25, 0.3) is 0 Å². The van der Waals surface area contributed by atoms with Crippen LogP contribution in [0.15, 0.2) is 12.1 Å². The van der Waals surface area contributed by atoms with Crippen molar-refractivity contribution in [1.82, 2.24) is 0 Å². The van der Waals surface area contributed by atoms with Crippen molar-refractivity contribution in [3.8, 4) is 6.07 Å². The highest BCUT2D eigenvalue weighted by atomic mass is 35.5. The van der Waals surface area contributed by atoms with E-state index in [1.165, 1.54) is 6.07 Å². The van der Waals surface area contributed by atoms with Crippen LogP contribution in [-0.2, 0) is 11.2 Å². The molecule has 0 atom stereocenters. The van der Waals surface area contributed by atoms with E-state index in [1.807, 2.05) is 13.0 Å². The van der Waals surface area contributed by atoms with Crippen LogP contribution >= 0.6 is 11.6 Å². The van der Waals surface area contributed by atoms with Gasteiger partial charge in [-0.25, -0.2) is 4.79 Å². The lowest BCUT2D eigenvalue weighted by Gasteiger charge is -2.08. The summed E-state index contributed by atoms with van der Waals surface area (Å²) < 4.78 is 4.88. The first-order valence-electron chi connectivity index (χ1n) is 5.03. The van der Waals surface area contributed by atoms with E-state index in [4.69, 9.17) is 21.6 Å². The number of carbonyl (C=O) groups excluding carboxylic acids is 1. The molecule has 0 aliphatic heterocycles. The second-order valence-corrected chi connectivity index (χ2v) is 3.61. The molecular formula is C12H12ClNO2. The Bertz CT molecular complexity index is 449. The summed E-state index contributed by atoms with van der Waals surface area (Å²) in [6, 6.07) is 5.19. The number of carbonyl (C=O) groups is 1. The molecule has 0 N–H and O–H groups in total. The van der Waals surface area contributed by atoms with Gasteiger partial charge in [-0.3, -0.25) is 0 Å². The zero-order chi connectivity index (χ0) is 12.1. The lowest BCUT2D eigenvalue weighted by molar-refractivity contribution is 0.0526. The van der Waals surface area contributed by atoms with Gasteiger partial charge < -0.3 is 4.74 Å². The summed E-state index contributed by atoms with van der Waals surface area (Å²) >= 11 is 5.88. The summed E-state index contributed by atoms with van der Waals surface area (Å²) in [5.41, 5.74) is 1.36. The molecule has 0 spiro atoms. The van der Waals surface area contributed by atoms with Crippen LogP contribution in [0.2, 0.25) is 5.02 Å². The topological polar surface area (TPSA) is 50.1 Å². The Morgan fingerprint density at radius 2 is 2.19 bits per heavy atom. The molecule has 1 aromatic carbocycles. The number of aryl methyl sites for hydroxylation is 1. The van der Waals surface area contributed by atoms with Crippen LogP contribution in [0.4, 0.5) is 0 Å². The fourth-order valence-electron chi connectivity index (χ4n) is 1.44. The minimum atomic E-state index is -0.503. The molecule has 4 heteroatoms. The summed E-state index contributed by atoms with van der Waals surface area (Å²) in [4.78, 5) is 11.6. The monoisotopic (exact) mass is 237 g/mol. The van der Waals surface area contributed by atoms with Crippen molar-refractivity contribution in [2.45, 2.75) is 20.3 Å². The number of nitriles is 1. The normalized spacial score (nSPS) is 9.62. The van der Waals surface area contributed by atoms with Crippen LogP contribution in [-0.4, -0.2) is 12.6 Å². The number of hydrogen-bond acceptors (Lipinski definition) is 3. The van der Waals surface area contributed by atoms with Gasteiger partial charge in [0.05, 0.1) is 17.7 Å². The van der Waals surface area contributed by atoms with E-state index in [9.17, 15) is 4.79 Å². The van der Waals surface area contributed by atoms with Crippen molar-refractivity contribution in [2.75, 3.05) is 6.61 Å². The standard InChI is InChI=1S/C12H12ClNO2/c1-3-8-5-9(13)6-10(11(8)7-14)12(15)16-4-2/h5-6H,3-4H2,1-2H3. The van der Waals surface area contributed by atoms with Gasteiger partial charge in [-0.05, 0) is 31.0 Å². The van der Waals surface area contributed by atoms with E-state index in [0.29, 0.717) is 17.0 Å². The first-order valence-corrected chi connectivity index (χ1v) is 5.41. The number of nitrogens with zero attached hydrogens (tertiary/aromatic N) is 1. The summed E-state index contributed by atoms with van der Waals surface area (Å²) in [5, 5.41) is 9.48. The lowest BCUT2D eigenvalue weighted by atomic mass is 10.0. The molecule has 3 nitrogen and oxygen atoms in total. The van der Waals surface area contributed by atoms with Crippen LogP contribution in [0.5, 0.6) is 0 Å². The minimum Gasteiger partial charge on any atom is -0.462 e. The fraction of sp³-hybridized carbons (Fsp3) is 0.333. The molecule has 0 amide bonds. The lowest BCUT2D eigenvalue weighted by Crippen LogP contribution is -2.08. The quantitative estimate of drug-likeness (QED) is 0.760. The maximum Gasteiger partial charge on any atom is 0.339 e. The van der Waals surface area contributed by atoms with Crippen molar-refractivity contribution in [1.29, 1.82) is 5.26 Å². The average molecular weight is 238 g/mol. The van der Waals surface area contributed by atoms with Gasteiger partial charge in [0.2, 0.25) is 0 Å². The molecule has 1 rings (SSSR count). The second kappa shape index (κ2) is 5.53. The van der Waals surface area contributed by atoms with Crippen molar-refractivity contribution in [2.24, 2.45) is 0 Å². The zero-order valence-electron chi connectivity index (χ0n) is 9.21. The molecule has 0 saturated carbocycles. The van der Waals surface area contributed by atoms with Gasteiger partial charge >= 0.3 is 5.97 Å². The van der Waals surface area contributed by atoms with Gasteiger partial charge in [0, 0.05) is 5.02 Å². The smallest absolute Gasteiger partial charge is 0.339 e. The number of halogens is 1. The molecule has 0 saturated heterocycles. The van der Waals surface area contributed by atoms with E-state index >= 15 is 0 Å². The molecule has 1 aromatic rings. The highest BCUT2D eigenvalue weighted by Gasteiger charge is 2.16. The summed E-state index contributed by atoms with van der Waals surface area (Å²) in [7, 11) is 0. The van der Waals surface area contributed by atoms with Crippen molar-refractivity contribution in [3.63, 3.8) is 0 Å². The SMILES string of the molecule is CCOC(=O)c1cc(Cl)cc(CC)c1C#N. The third-order valence-corrected chi connectivity index (χ3v) is 2.39. The van der Waals surface area contributed by atoms with Crippen LogP contribution < -0.4 is 0 Å². The first kappa shape index (κ1) is 12.5. The fourth-order valence-corrected chi connectivity index (χ4v) is 1.68. The van der Waals surface area contributed by atoms with Crippen molar-refractivity contribution >= 4 is 17.6 Å². The van der Waals surface area contributed by atoms with E-state index in [2.05, 4.69) is 0 Å². The predicted octanol–water partition coefficient (Wildman–Crippen LogP) is 2.95. The van der Waals surface area contributed by atoms with Crippen molar-refractivity contribution < 1.29 is 9.53 Å².